The van der Waals surface area contributed by atoms with Gasteiger partial charge >= 0.3 is 12.0 Å². The molecule has 1 saturated heterocycles. The fraction of sp³-hybridized carbons (Fsp3) is 0.360. The van der Waals surface area contributed by atoms with Gasteiger partial charge in [-0.1, -0.05) is 30.3 Å². The predicted octanol–water partition coefficient (Wildman–Crippen LogP) is 2.83. The summed E-state index contributed by atoms with van der Waals surface area (Å²) in [6.45, 7) is 5.24. The van der Waals surface area contributed by atoms with Crippen LogP contribution in [0.2, 0.25) is 0 Å². The summed E-state index contributed by atoms with van der Waals surface area (Å²) >= 11 is 0. The maximum Gasteiger partial charge on any atom is 0.338 e. The van der Waals surface area contributed by atoms with Gasteiger partial charge in [0.1, 0.15) is 11.6 Å². The Kier molecular flexibility index (Phi) is 7.32. The molecule has 1 fully saturated rings. The third kappa shape index (κ3) is 4.99. The molecule has 4 rings (SSSR count). The van der Waals surface area contributed by atoms with Gasteiger partial charge in [-0.15, -0.1) is 0 Å². The first-order valence-corrected chi connectivity index (χ1v) is 11.3. The van der Waals surface area contributed by atoms with Gasteiger partial charge in [0.05, 0.1) is 31.0 Å². The number of halogens is 1. The number of hydrogen-bond donors (Lipinski definition) is 2. The summed E-state index contributed by atoms with van der Waals surface area (Å²) in [6.07, 6.45) is 0. The van der Waals surface area contributed by atoms with Crippen LogP contribution in [-0.2, 0) is 9.53 Å². The number of anilines is 1. The summed E-state index contributed by atoms with van der Waals surface area (Å²) in [5, 5.41) is 5.65. The number of urea groups is 1. The second-order valence-corrected chi connectivity index (χ2v) is 8.10. The number of nitrogens with zero attached hydrogens (tertiary/aromatic N) is 2. The fourth-order valence-corrected chi connectivity index (χ4v) is 4.41. The molecule has 2 aliphatic heterocycles. The molecule has 0 radical (unpaired) electrons. The quantitative estimate of drug-likeness (QED) is 0.608. The average molecular weight is 469 g/mol. The molecule has 2 heterocycles. The van der Waals surface area contributed by atoms with Crippen molar-refractivity contribution in [1.82, 2.24) is 15.5 Å². The molecule has 34 heavy (non-hydrogen) atoms. The number of para-hydroxylation sites is 2. The van der Waals surface area contributed by atoms with E-state index in [2.05, 4.69) is 15.5 Å². The van der Waals surface area contributed by atoms with Gasteiger partial charge < -0.3 is 25.0 Å². The third-order valence-corrected chi connectivity index (χ3v) is 6.04. The van der Waals surface area contributed by atoms with Crippen LogP contribution < -0.4 is 20.3 Å². The van der Waals surface area contributed by atoms with Crippen molar-refractivity contribution < 1.29 is 23.5 Å². The van der Waals surface area contributed by atoms with E-state index in [-0.39, 0.29) is 5.82 Å². The predicted molar refractivity (Wildman–Crippen MR) is 126 cm³/mol. The lowest BCUT2D eigenvalue weighted by Crippen LogP contribution is -2.52. The number of ether oxygens (including phenoxy) is 2. The Morgan fingerprint density at radius 2 is 1.79 bits per heavy atom. The van der Waals surface area contributed by atoms with Crippen molar-refractivity contribution in [3.63, 3.8) is 0 Å². The first-order valence-electron chi connectivity index (χ1n) is 11.3. The maximum absolute atomic E-state index is 14.2. The normalized spacial score (nSPS) is 18.9. The van der Waals surface area contributed by atoms with Gasteiger partial charge in [0, 0.05) is 44.0 Å². The summed E-state index contributed by atoms with van der Waals surface area (Å²) in [5.41, 5.74) is 2.10. The zero-order valence-electron chi connectivity index (χ0n) is 19.3. The SMILES string of the molecule is CCOc1ccccc1C1NC(=O)NC(CN2CCN(c3ccccc3F)CC2)=C1C(=O)OC. The molecule has 1 unspecified atom stereocenters. The van der Waals surface area contributed by atoms with Gasteiger partial charge in [0.2, 0.25) is 0 Å². The Balaban J connectivity index is 1.58. The highest BCUT2D eigenvalue weighted by atomic mass is 19.1. The number of piperazine rings is 1. The number of benzene rings is 2. The minimum atomic E-state index is -0.710. The summed E-state index contributed by atoms with van der Waals surface area (Å²) < 4.78 is 25.0. The first kappa shape index (κ1) is 23.6. The molecular formula is C25H29FN4O4. The highest BCUT2D eigenvalue weighted by Crippen LogP contribution is 2.34. The van der Waals surface area contributed by atoms with Crippen molar-refractivity contribution in [2.45, 2.75) is 13.0 Å². The lowest BCUT2D eigenvalue weighted by atomic mass is 9.94. The topological polar surface area (TPSA) is 83.1 Å². The van der Waals surface area contributed by atoms with Crippen LogP contribution in [-0.4, -0.2) is 63.3 Å². The summed E-state index contributed by atoms with van der Waals surface area (Å²) in [7, 11) is 1.32. The van der Waals surface area contributed by atoms with E-state index >= 15 is 0 Å². The summed E-state index contributed by atoms with van der Waals surface area (Å²) in [6, 6.07) is 12.9. The number of rotatable bonds is 7. The van der Waals surface area contributed by atoms with Crippen molar-refractivity contribution in [3.05, 3.63) is 71.2 Å². The summed E-state index contributed by atoms with van der Waals surface area (Å²) in [4.78, 5) is 29.6. The molecule has 2 amide bonds. The molecule has 2 aromatic carbocycles. The number of carbonyl (C=O) groups excluding carboxylic acids is 2. The molecule has 0 spiro atoms. The zero-order chi connectivity index (χ0) is 24.1. The van der Waals surface area contributed by atoms with Crippen LogP contribution >= 0.6 is 0 Å². The molecular weight excluding hydrogens is 439 g/mol. The van der Waals surface area contributed by atoms with Crippen LogP contribution in [0.5, 0.6) is 5.75 Å². The molecule has 0 aliphatic carbocycles. The molecule has 0 aromatic heterocycles. The number of nitrogens with one attached hydrogen (secondary N) is 2. The monoisotopic (exact) mass is 468 g/mol. The number of hydrogen-bond acceptors (Lipinski definition) is 6. The highest BCUT2D eigenvalue weighted by Gasteiger charge is 2.36. The standard InChI is InChI=1S/C25H29FN4O4/c1-3-34-21-11-7-4-8-17(21)23-22(24(31)33-2)19(27-25(32)28-23)16-29-12-14-30(15-13-29)20-10-6-5-9-18(20)26/h4-11,23H,3,12-16H2,1-2H3,(H2,27,28,32). The Bertz CT molecular complexity index is 1080. The van der Waals surface area contributed by atoms with Crippen molar-refractivity contribution in [2.24, 2.45) is 0 Å². The van der Waals surface area contributed by atoms with E-state index in [9.17, 15) is 14.0 Å². The number of amides is 2. The number of methoxy groups -OCH3 is 1. The Morgan fingerprint density at radius 1 is 1.09 bits per heavy atom. The zero-order valence-corrected chi connectivity index (χ0v) is 19.3. The Labute approximate surface area is 198 Å². The van der Waals surface area contributed by atoms with Gasteiger partial charge in [0.25, 0.3) is 0 Å². The molecule has 2 aromatic rings. The van der Waals surface area contributed by atoms with Gasteiger partial charge in [-0.3, -0.25) is 4.90 Å². The van der Waals surface area contributed by atoms with Crippen LogP contribution in [0, 0.1) is 5.82 Å². The van der Waals surface area contributed by atoms with Gasteiger partial charge in [-0.25, -0.2) is 14.0 Å². The second kappa shape index (κ2) is 10.6. The smallest absolute Gasteiger partial charge is 0.338 e. The lowest BCUT2D eigenvalue weighted by Gasteiger charge is -2.38. The Morgan fingerprint density at radius 3 is 2.50 bits per heavy atom. The highest BCUT2D eigenvalue weighted by molar-refractivity contribution is 5.95. The van der Waals surface area contributed by atoms with E-state index in [1.807, 2.05) is 42.2 Å². The van der Waals surface area contributed by atoms with Crippen LogP contribution in [0.4, 0.5) is 14.9 Å². The fourth-order valence-electron chi connectivity index (χ4n) is 4.41. The molecule has 180 valence electrons. The first-order chi connectivity index (χ1) is 16.5. The van der Waals surface area contributed by atoms with Gasteiger partial charge in [-0.2, -0.15) is 0 Å². The van der Waals surface area contributed by atoms with Crippen LogP contribution in [0.1, 0.15) is 18.5 Å². The van der Waals surface area contributed by atoms with E-state index < -0.39 is 18.0 Å². The van der Waals surface area contributed by atoms with Crippen molar-refractivity contribution in [1.29, 1.82) is 0 Å². The maximum atomic E-state index is 14.2. The number of esters is 1. The molecule has 2 N–H and O–H groups in total. The van der Waals surface area contributed by atoms with Crippen molar-refractivity contribution >= 4 is 17.7 Å². The Hall–Kier alpha value is -3.59. The van der Waals surface area contributed by atoms with E-state index in [0.717, 1.165) is 0 Å². The second-order valence-electron chi connectivity index (χ2n) is 8.10. The largest absolute Gasteiger partial charge is 0.494 e. The van der Waals surface area contributed by atoms with Gasteiger partial charge in [0.15, 0.2) is 0 Å². The minimum absolute atomic E-state index is 0.243. The number of carbonyl (C=O) groups is 2. The molecule has 2 aliphatic rings. The third-order valence-electron chi connectivity index (χ3n) is 6.04. The summed E-state index contributed by atoms with van der Waals surface area (Å²) in [5.74, 6) is -0.173. The average Bonchev–Trinajstić information content (AvgIpc) is 2.85. The van der Waals surface area contributed by atoms with E-state index in [4.69, 9.17) is 9.47 Å². The molecule has 1 atom stereocenters. The molecule has 8 nitrogen and oxygen atoms in total. The van der Waals surface area contributed by atoms with Crippen LogP contribution in [0.3, 0.4) is 0 Å². The van der Waals surface area contributed by atoms with E-state index in [1.165, 1.54) is 13.2 Å². The molecule has 0 saturated carbocycles. The van der Waals surface area contributed by atoms with E-state index in [0.29, 0.717) is 67.6 Å². The van der Waals surface area contributed by atoms with E-state index in [1.54, 1.807) is 12.1 Å². The van der Waals surface area contributed by atoms with Crippen molar-refractivity contribution in [3.8, 4) is 5.75 Å². The van der Waals surface area contributed by atoms with Gasteiger partial charge in [-0.05, 0) is 25.1 Å². The van der Waals surface area contributed by atoms with Crippen LogP contribution in [0.25, 0.3) is 0 Å². The lowest BCUT2D eigenvalue weighted by molar-refractivity contribution is -0.136. The molecule has 9 heteroatoms. The molecule has 0 bridgehead atoms. The minimum Gasteiger partial charge on any atom is -0.494 e. The van der Waals surface area contributed by atoms with Crippen LogP contribution in [0.15, 0.2) is 59.8 Å². The van der Waals surface area contributed by atoms with Crippen molar-refractivity contribution in [2.75, 3.05) is 51.3 Å².